The van der Waals surface area contributed by atoms with Crippen LogP contribution in [0.1, 0.15) is 12.0 Å². The zero-order valence-corrected chi connectivity index (χ0v) is 11.0. The summed E-state index contributed by atoms with van der Waals surface area (Å²) < 4.78 is 0. The number of benzene rings is 1. The molecule has 1 amide bonds. The molecule has 0 saturated heterocycles. The van der Waals surface area contributed by atoms with Crippen molar-refractivity contribution in [3.8, 4) is 0 Å². The molecule has 1 unspecified atom stereocenters. The summed E-state index contributed by atoms with van der Waals surface area (Å²) in [6, 6.07) is 7.84. The van der Waals surface area contributed by atoms with E-state index < -0.39 is 12.1 Å². The highest BCUT2D eigenvalue weighted by Gasteiger charge is 2.24. The first-order chi connectivity index (χ1) is 9.58. The molecule has 1 aromatic carbocycles. The van der Waals surface area contributed by atoms with Crippen LogP contribution in [0.5, 0.6) is 0 Å². The number of aliphatic hydroxyl groups excluding tert-OH is 1. The van der Waals surface area contributed by atoms with Crippen molar-refractivity contribution in [2.24, 2.45) is 5.92 Å². The van der Waals surface area contributed by atoms with E-state index in [1.165, 1.54) is 0 Å². The molecule has 108 valence electrons. The van der Waals surface area contributed by atoms with E-state index in [0.717, 1.165) is 11.3 Å². The number of para-hydroxylation sites is 1. The van der Waals surface area contributed by atoms with Crippen molar-refractivity contribution in [2.45, 2.75) is 18.9 Å². The lowest BCUT2D eigenvalue weighted by Gasteiger charge is -2.25. The number of carbonyl (C=O) groups excluding carboxylic acids is 1. The van der Waals surface area contributed by atoms with Crippen LogP contribution < -0.4 is 10.6 Å². The van der Waals surface area contributed by atoms with Gasteiger partial charge in [0.05, 0.1) is 5.92 Å². The van der Waals surface area contributed by atoms with Gasteiger partial charge in [0, 0.05) is 25.2 Å². The van der Waals surface area contributed by atoms with Gasteiger partial charge in [-0.2, -0.15) is 0 Å². The van der Waals surface area contributed by atoms with Gasteiger partial charge in [-0.15, -0.1) is 0 Å². The number of hydrogen-bond donors (Lipinski definition) is 4. The molecule has 2 rings (SSSR count). The number of hydrogen-bond acceptors (Lipinski definition) is 4. The van der Waals surface area contributed by atoms with E-state index in [9.17, 15) is 9.59 Å². The predicted octanol–water partition coefficient (Wildman–Crippen LogP) is 0.223. The van der Waals surface area contributed by atoms with Crippen molar-refractivity contribution in [3.63, 3.8) is 0 Å². The number of aliphatic carboxylic acids is 1. The molecule has 1 aromatic rings. The van der Waals surface area contributed by atoms with Crippen LogP contribution in [0.3, 0.4) is 0 Å². The van der Waals surface area contributed by atoms with Crippen molar-refractivity contribution in [2.75, 3.05) is 18.4 Å². The van der Waals surface area contributed by atoms with Gasteiger partial charge < -0.3 is 20.8 Å². The average Bonchev–Trinajstić information content (AvgIpc) is 2.46. The first kappa shape index (κ1) is 14.3. The smallest absolute Gasteiger partial charge is 0.332 e. The van der Waals surface area contributed by atoms with Crippen molar-refractivity contribution in [1.29, 1.82) is 0 Å². The predicted molar refractivity (Wildman–Crippen MR) is 73.4 cm³/mol. The molecule has 0 radical (unpaired) electrons. The summed E-state index contributed by atoms with van der Waals surface area (Å²) in [6.07, 6.45) is -0.755. The van der Waals surface area contributed by atoms with Gasteiger partial charge in [0.2, 0.25) is 5.91 Å². The number of aliphatic hydroxyl groups is 1. The Balaban J connectivity index is 1.81. The van der Waals surface area contributed by atoms with Gasteiger partial charge in [-0.05, 0) is 18.1 Å². The van der Waals surface area contributed by atoms with Crippen LogP contribution in [-0.4, -0.2) is 41.3 Å². The van der Waals surface area contributed by atoms with E-state index in [1.54, 1.807) is 0 Å². The number of anilines is 1. The minimum absolute atomic E-state index is 0.0117. The van der Waals surface area contributed by atoms with E-state index in [2.05, 4.69) is 10.6 Å². The maximum Gasteiger partial charge on any atom is 0.332 e. The molecule has 0 spiro atoms. The largest absolute Gasteiger partial charge is 0.479 e. The van der Waals surface area contributed by atoms with Crippen molar-refractivity contribution < 1.29 is 19.8 Å². The van der Waals surface area contributed by atoms with E-state index in [4.69, 9.17) is 10.2 Å². The van der Waals surface area contributed by atoms with Crippen molar-refractivity contribution in [1.82, 2.24) is 5.32 Å². The molecular weight excluding hydrogens is 260 g/mol. The molecule has 1 aliphatic heterocycles. The molecule has 6 heteroatoms. The number of amides is 1. The molecule has 0 fully saturated rings. The van der Waals surface area contributed by atoms with Crippen LogP contribution in [0, 0.1) is 5.92 Å². The molecule has 0 saturated carbocycles. The molecule has 4 N–H and O–H groups in total. The lowest BCUT2D eigenvalue weighted by Crippen LogP contribution is -2.39. The third-order valence-corrected chi connectivity index (χ3v) is 3.40. The van der Waals surface area contributed by atoms with E-state index >= 15 is 0 Å². The van der Waals surface area contributed by atoms with Gasteiger partial charge in [-0.3, -0.25) is 4.79 Å². The third-order valence-electron chi connectivity index (χ3n) is 3.40. The Bertz CT molecular complexity index is 504. The minimum Gasteiger partial charge on any atom is -0.479 e. The fraction of sp³-hybridized carbons (Fsp3) is 0.429. The highest BCUT2D eigenvalue weighted by atomic mass is 16.4. The maximum absolute atomic E-state index is 12.0. The maximum atomic E-state index is 12.0. The van der Waals surface area contributed by atoms with Crippen LogP contribution in [0.15, 0.2) is 24.3 Å². The minimum atomic E-state index is -1.43. The van der Waals surface area contributed by atoms with Crippen molar-refractivity contribution in [3.05, 3.63) is 29.8 Å². The number of fused-ring (bicyclic) bond motifs is 1. The van der Waals surface area contributed by atoms with Gasteiger partial charge in [-0.25, -0.2) is 4.79 Å². The Hall–Kier alpha value is -2.08. The summed E-state index contributed by atoms with van der Waals surface area (Å²) in [5, 5.41) is 23.5. The van der Waals surface area contributed by atoms with Gasteiger partial charge in [0.15, 0.2) is 6.10 Å². The second-order valence-corrected chi connectivity index (χ2v) is 4.87. The van der Waals surface area contributed by atoms with Crippen LogP contribution in [-0.2, 0) is 16.0 Å². The number of carboxylic acids is 1. The second kappa shape index (κ2) is 6.38. The molecule has 20 heavy (non-hydrogen) atoms. The van der Waals surface area contributed by atoms with E-state index in [0.29, 0.717) is 13.0 Å². The monoisotopic (exact) mass is 278 g/mol. The lowest BCUT2D eigenvalue weighted by molar-refractivity contribution is -0.147. The summed E-state index contributed by atoms with van der Waals surface area (Å²) in [5.41, 5.74) is 2.15. The standard InChI is InChI=1S/C14H18N2O4/c17-12(14(19)20)5-6-15-13(18)10-7-9-3-1-2-4-11(9)16-8-10/h1-4,10,12,16-17H,5-8H2,(H,15,18)(H,19,20)/t10?,12-/m0/s1. The Morgan fingerprint density at radius 3 is 2.90 bits per heavy atom. The number of carbonyl (C=O) groups is 2. The van der Waals surface area contributed by atoms with Crippen LogP contribution in [0.2, 0.25) is 0 Å². The summed E-state index contributed by atoms with van der Waals surface area (Å²) >= 11 is 0. The molecule has 1 heterocycles. The molecule has 6 nitrogen and oxygen atoms in total. The number of rotatable bonds is 5. The Morgan fingerprint density at radius 2 is 2.15 bits per heavy atom. The molecule has 0 aliphatic carbocycles. The second-order valence-electron chi connectivity index (χ2n) is 4.87. The van der Waals surface area contributed by atoms with Crippen LogP contribution in [0.25, 0.3) is 0 Å². The fourth-order valence-electron chi connectivity index (χ4n) is 2.23. The quantitative estimate of drug-likeness (QED) is 0.617. The number of nitrogens with one attached hydrogen (secondary N) is 2. The normalized spacial score (nSPS) is 18.6. The van der Waals surface area contributed by atoms with Gasteiger partial charge >= 0.3 is 5.97 Å². The van der Waals surface area contributed by atoms with Crippen molar-refractivity contribution >= 4 is 17.6 Å². The molecule has 1 aliphatic rings. The van der Waals surface area contributed by atoms with E-state index in [-0.39, 0.29) is 24.8 Å². The highest BCUT2D eigenvalue weighted by molar-refractivity contribution is 5.81. The lowest BCUT2D eigenvalue weighted by atomic mass is 9.93. The first-order valence-corrected chi connectivity index (χ1v) is 6.58. The first-order valence-electron chi connectivity index (χ1n) is 6.58. The van der Waals surface area contributed by atoms with E-state index in [1.807, 2.05) is 24.3 Å². The van der Waals surface area contributed by atoms with Gasteiger partial charge in [0.25, 0.3) is 0 Å². The summed E-state index contributed by atoms with van der Waals surface area (Å²) in [6.45, 7) is 0.717. The van der Waals surface area contributed by atoms with Gasteiger partial charge in [0.1, 0.15) is 0 Å². The zero-order valence-electron chi connectivity index (χ0n) is 11.0. The summed E-state index contributed by atoms with van der Waals surface area (Å²) in [5.74, 6) is -1.57. The molecular formula is C14H18N2O4. The van der Waals surface area contributed by atoms with Crippen LogP contribution >= 0.6 is 0 Å². The number of carboxylic acid groups (broad SMARTS) is 1. The third kappa shape index (κ3) is 3.48. The van der Waals surface area contributed by atoms with Gasteiger partial charge in [-0.1, -0.05) is 18.2 Å². The van der Waals surface area contributed by atoms with Crippen LogP contribution in [0.4, 0.5) is 5.69 Å². The average molecular weight is 278 g/mol. The Morgan fingerprint density at radius 1 is 1.40 bits per heavy atom. The summed E-state index contributed by atoms with van der Waals surface area (Å²) in [4.78, 5) is 22.4. The summed E-state index contributed by atoms with van der Waals surface area (Å²) in [7, 11) is 0. The Kier molecular flexibility index (Phi) is 4.57. The fourth-order valence-corrected chi connectivity index (χ4v) is 2.23. The SMILES string of the molecule is O=C(NCC[C@H](O)C(=O)O)C1CNc2ccccc2C1. The highest BCUT2D eigenvalue weighted by Crippen LogP contribution is 2.24. The Labute approximate surface area is 116 Å². The molecule has 0 bridgehead atoms. The zero-order chi connectivity index (χ0) is 14.5. The molecule has 2 atom stereocenters. The topological polar surface area (TPSA) is 98.7 Å². The molecule has 0 aromatic heterocycles.